The van der Waals surface area contributed by atoms with E-state index in [1.54, 1.807) is 6.21 Å². The van der Waals surface area contributed by atoms with E-state index in [1.807, 2.05) is 56.3 Å². The standard InChI is InChI=1S/C17H18BrN3O/c1-12-3-7-15(8-4-12)19-11-17(22)21-20-10-14-6-5-13(2)16(18)9-14/h3-10,19H,11H2,1-2H3,(H,21,22)/b20-10-. The zero-order valence-electron chi connectivity index (χ0n) is 12.6. The van der Waals surface area contributed by atoms with Crippen molar-refractivity contribution in [2.24, 2.45) is 5.10 Å². The summed E-state index contributed by atoms with van der Waals surface area (Å²) in [5.74, 6) is -0.192. The fourth-order valence-electron chi connectivity index (χ4n) is 1.76. The molecule has 0 heterocycles. The number of amides is 1. The Labute approximate surface area is 138 Å². The van der Waals surface area contributed by atoms with Crippen LogP contribution in [0, 0.1) is 13.8 Å². The van der Waals surface area contributed by atoms with Gasteiger partial charge in [-0.25, -0.2) is 5.43 Å². The van der Waals surface area contributed by atoms with E-state index in [0.717, 1.165) is 21.3 Å². The minimum Gasteiger partial charge on any atom is -0.376 e. The third-order valence-electron chi connectivity index (χ3n) is 3.10. The average Bonchev–Trinajstić information content (AvgIpc) is 2.50. The van der Waals surface area contributed by atoms with Gasteiger partial charge in [-0.3, -0.25) is 4.79 Å². The summed E-state index contributed by atoms with van der Waals surface area (Å²) in [4.78, 5) is 11.7. The minimum atomic E-state index is -0.192. The summed E-state index contributed by atoms with van der Waals surface area (Å²) in [5, 5.41) is 7.00. The molecule has 2 rings (SSSR count). The molecule has 0 radical (unpaired) electrons. The van der Waals surface area contributed by atoms with Crippen LogP contribution >= 0.6 is 15.9 Å². The van der Waals surface area contributed by atoms with Crippen molar-refractivity contribution < 1.29 is 4.79 Å². The van der Waals surface area contributed by atoms with Crippen LogP contribution in [0.3, 0.4) is 0 Å². The van der Waals surface area contributed by atoms with E-state index in [4.69, 9.17) is 0 Å². The molecule has 0 fully saturated rings. The lowest BCUT2D eigenvalue weighted by molar-refractivity contribution is -0.119. The molecule has 4 nitrogen and oxygen atoms in total. The largest absolute Gasteiger partial charge is 0.376 e. The number of benzene rings is 2. The second-order valence-corrected chi connectivity index (χ2v) is 5.88. The quantitative estimate of drug-likeness (QED) is 0.632. The van der Waals surface area contributed by atoms with Gasteiger partial charge < -0.3 is 5.32 Å². The molecule has 0 saturated heterocycles. The Morgan fingerprint density at radius 3 is 2.59 bits per heavy atom. The Bertz CT molecular complexity index is 681. The van der Waals surface area contributed by atoms with Gasteiger partial charge in [0.2, 0.25) is 0 Å². The van der Waals surface area contributed by atoms with Gasteiger partial charge >= 0.3 is 0 Å². The number of hydrogen-bond donors (Lipinski definition) is 2. The topological polar surface area (TPSA) is 53.5 Å². The fourth-order valence-corrected chi connectivity index (χ4v) is 2.16. The lowest BCUT2D eigenvalue weighted by atomic mass is 10.2. The Kier molecular flexibility index (Phi) is 5.72. The second-order valence-electron chi connectivity index (χ2n) is 5.02. The lowest BCUT2D eigenvalue weighted by Crippen LogP contribution is -2.25. The van der Waals surface area contributed by atoms with Crippen molar-refractivity contribution in [3.63, 3.8) is 0 Å². The number of hydrogen-bond acceptors (Lipinski definition) is 3. The molecule has 0 aliphatic rings. The van der Waals surface area contributed by atoms with Gasteiger partial charge in [0, 0.05) is 10.2 Å². The van der Waals surface area contributed by atoms with Gasteiger partial charge in [0.25, 0.3) is 5.91 Å². The Morgan fingerprint density at radius 2 is 1.91 bits per heavy atom. The highest BCUT2D eigenvalue weighted by Crippen LogP contribution is 2.16. The molecule has 2 N–H and O–H groups in total. The molecule has 1 amide bonds. The van der Waals surface area contributed by atoms with E-state index in [-0.39, 0.29) is 12.5 Å². The van der Waals surface area contributed by atoms with Crippen molar-refractivity contribution in [1.29, 1.82) is 0 Å². The number of carbonyl (C=O) groups excluding carboxylic acids is 1. The van der Waals surface area contributed by atoms with Gasteiger partial charge in [-0.15, -0.1) is 0 Å². The molecule has 2 aromatic rings. The first kappa shape index (κ1) is 16.2. The highest BCUT2D eigenvalue weighted by Gasteiger charge is 1.99. The van der Waals surface area contributed by atoms with Crippen molar-refractivity contribution in [2.75, 3.05) is 11.9 Å². The van der Waals surface area contributed by atoms with Gasteiger partial charge in [0.1, 0.15) is 0 Å². The van der Waals surface area contributed by atoms with Gasteiger partial charge in [-0.05, 0) is 43.2 Å². The van der Waals surface area contributed by atoms with Crippen LogP contribution in [0.1, 0.15) is 16.7 Å². The molecule has 0 aromatic heterocycles. The van der Waals surface area contributed by atoms with E-state index in [0.29, 0.717) is 0 Å². The SMILES string of the molecule is Cc1ccc(NCC(=O)N/N=C\c2ccc(C)c(Br)c2)cc1. The number of anilines is 1. The monoisotopic (exact) mass is 359 g/mol. The molecular formula is C17H18BrN3O. The highest BCUT2D eigenvalue weighted by molar-refractivity contribution is 9.10. The van der Waals surface area contributed by atoms with E-state index in [9.17, 15) is 4.79 Å². The van der Waals surface area contributed by atoms with Crippen molar-refractivity contribution >= 4 is 33.7 Å². The van der Waals surface area contributed by atoms with Crippen LogP contribution in [0.15, 0.2) is 52.0 Å². The summed E-state index contributed by atoms with van der Waals surface area (Å²) in [6, 6.07) is 13.8. The number of rotatable bonds is 5. The number of nitrogens with one attached hydrogen (secondary N) is 2. The lowest BCUT2D eigenvalue weighted by Gasteiger charge is -2.05. The number of hydrazone groups is 1. The van der Waals surface area contributed by atoms with Crippen LogP contribution in [-0.2, 0) is 4.79 Å². The third kappa shape index (κ3) is 5.00. The summed E-state index contributed by atoms with van der Waals surface area (Å²) in [6.45, 7) is 4.22. The molecule has 5 heteroatoms. The van der Waals surface area contributed by atoms with Gasteiger partial charge in [-0.1, -0.05) is 45.8 Å². The Morgan fingerprint density at radius 1 is 1.18 bits per heavy atom. The third-order valence-corrected chi connectivity index (χ3v) is 3.96. The van der Waals surface area contributed by atoms with Crippen LogP contribution in [0.5, 0.6) is 0 Å². The van der Waals surface area contributed by atoms with Crippen molar-refractivity contribution in [2.45, 2.75) is 13.8 Å². The highest BCUT2D eigenvalue weighted by atomic mass is 79.9. The average molecular weight is 360 g/mol. The Hall–Kier alpha value is -2.14. The van der Waals surface area contributed by atoms with Gasteiger partial charge in [-0.2, -0.15) is 5.10 Å². The van der Waals surface area contributed by atoms with Crippen LogP contribution in [-0.4, -0.2) is 18.7 Å². The molecule has 0 unspecified atom stereocenters. The van der Waals surface area contributed by atoms with E-state index < -0.39 is 0 Å². The zero-order valence-corrected chi connectivity index (χ0v) is 14.1. The predicted molar refractivity (Wildman–Crippen MR) is 94.3 cm³/mol. The maximum absolute atomic E-state index is 11.7. The number of nitrogens with zero attached hydrogens (tertiary/aromatic N) is 1. The molecule has 0 aliphatic heterocycles. The van der Waals surface area contributed by atoms with Crippen molar-refractivity contribution in [3.05, 3.63) is 63.6 Å². The van der Waals surface area contributed by atoms with Gasteiger partial charge in [0.05, 0.1) is 12.8 Å². The van der Waals surface area contributed by atoms with Crippen LogP contribution in [0.25, 0.3) is 0 Å². The molecule has 2 aromatic carbocycles. The van der Waals surface area contributed by atoms with Crippen molar-refractivity contribution in [3.8, 4) is 0 Å². The van der Waals surface area contributed by atoms with Crippen molar-refractivity contribution in [1.82, 2.24) is 5.43 Å². The summed E-state index contributed by atoms with van der Waals surface area (Å²) in [7, 11) is 0. The molecular weight excluding hydrogens is 342 g/mol. The summed E-state index contributed by atoms with van der Waals surface area (Å²) < 4.78 is 1.02. The van der Waals surface area contributed by atoms with E-state index in [1.165, 1.54) is 5.56 Å². The summed E-state index contributed by atoms with van der Waals surface area (Å²) >= 11 is 3.46. The molecule has 0 atom stereocenters. The summed E-state index contributed by atoms with van der Waals surface area (Å²) in [6.07, 6.45) is 1.62. The van der Waals surface area contributed by atoms with E-state index in [2.05, 4.69) is 31.8 Å². The van der Waals surface area contributed by atoms with Crippen LogP contribution in [0.4, 0.5) is 5.69 Å². The smallest absolute Gasteiger partial charge is 0.259 e. The first-order valence-electron chi connectivity index (χ1n) is 6.93. The second kappa shape index (κ2) is 7.75. The Balaban J connectivity index is 1.80. The predicted octanol–water partition coefficient (Wildman–Crippen LogP) is 3.63. The fraction of sp³-hybridized carbons (Fsp3) is 0.176. The van der Waals surface area contributed by atoms with Gasteiger partial charge in [0.15, 0.2) is 0 Å². The molecule has 0 bridgehead atoms. The number of halogens is 1. The molecule has 22 heavy (non-hydrogen) atoms. The molecule has 0 saturated carbocycles. The minimum absolute atomic E-state index is 0.179. The maximum Gasteiger partial charge on any atom is 0.259 e. The van der Waals surface area contributed by atoms with E-state index >= 15 is 0 Å². The maximum atomic E-state index is 11.7. The zero-order chi connectivity index (χ0) is 15.9. The van der Waals surface area contributed by atoms with Crippen LogP contribution < -0.4 is 10.7 Å². The first-order valence-corrected chi connectivity index (χ1v) is 7.72. The number of carbonyl (C=O) groups is 1. The molecule has 0 aliphatic carbocycles. The number of aryl methyl sites for hydroxylation is 2. The first-order chi connectivity index (χ1) is 10.5. The summed E-state index contributed by atoms with van der Waals surface area (Å²) in [5.41, 5.74) is 6.67. The molecule has 114 valence electrons. The normalized spacial score (nSPS) is 10.7. The van der Waals surface area contributed by atoms with Crippen LogP contribution in [0.2, 0.25) is 0 Å². The molecule has 0 spiro atoms.